The highest BCUT2D eigenvalue weighted by Gasteiger charge is 2.36. The predicted molar refractivity (Wildman–Crippen MR) is 73.6 cm³/mol. The van der Waals surface area contributed by atoms with Gasteiger partial charge in [0.15, 0.2) is 0 Å². The summed E-state index contributed by atoms with van der Waals surface area (Å²) in [5.74, 6) is -0.212. The van der Waals surface area contributed by atoms with Gasteiger partial charge in [-0.15, -0.1) is 0 Å². The van der Waals surface area contributed by atoms with Crippen molar-refractivity contribution in [2.75, 3.05) is 13.2 Å². The van der Waals surface area contributed by atoms with Crippen molar-refractivity contribution >= 4 is 5.97 Å². The monoisotopic (exact) mass is 259 g/mol. The number of rotatable bonds is 7. The van der Waals surface area contributed by atoms with Crippen LogP contribution in [0.15, 0.2) is 0 Å². The lowest BCUT2D eigenvalue weighted by molar-refractivity contribution is -0.153. The second kappa shape index (κ2) is 7.10. The van der Waals surface area contributed by atoms with Gasteiger partial charge in [-0.3, -0.25) is 4.79 Å². The van der Waals surface area contributed by atoms with E-state index in [4.69, 9.17) is 9.47 Å². The van der Waals surface area contributed by atoms with Crippen molar-refractivity contribution in [1.82, 2.24) is 5.32 Å². The molecule has 0 aromatic carbocycles. The minimum Gasteiger partial charge on any atom is -0.465 e. The number of hydrogen-bond donors (Lipinski definition) is 1. The largest absolute Gasteiger partial charge is 0.465 e. The van der Waals surface area contributed by atoms with Gasteiger partial charge >= 0.3 is 5.97 Å². The number of carbonyl (C=O) groups is 1. The lowest BCUT2D eigenvalue weighted by Crippen LogP contribution is -2.52. The molecular formula is C14H29NO3. The summed E-state index contributed by atoms with van der Waals surface area (Å²) >= 11 is 0. The minimum atomic E-state index is -0.685. The van der Waals surface area contributed by atoms with E-state index in [2.05, 4.69) is 5.32 Å². The van der Waals surface area contributed by atoms with E-state index >= 15 is 0 Å². The van der Waals surface area contributed by atoms with Crippen LogP contribution in [0.3, 0.4) is 0 Å². The minimum absolute atomic E-state index is 0.0153. The third-order valence-electron chi connectivity index (χ3n) is 2.54. The van der Waals surface area contributed by atoms with Crippen LogP contribution >= 0.6 is 0 Å². The number of hydrogen-bond acceptors (Lipinski definition) is 4. The Morgan fingerprint density at radius 1 is 1.22 bits per heavy atom. The van der Waals surface area contributed by atoms with Crippen LogP contribution in [0.1, 0.15) is 54.9 Å². The maximum atomic E-state index is 12.0. The quantitative estimate of drug-likeness (QED) is 0.714. The molecule has 0 aromatic rings. The normalized spacial score (nSPS) is 17.1. The first kappa shape index (κ1) is 17.4. The SMILES string of the molecule is CCNC(C)(CC(C)OC(C)(C)C)C(=O)OCC. The highest BCUT2D eigenvalue weighted by molar-refractivity contribution is 5.80. The molecule has 0 radical (unpaired) electrons. The fourth-order valence-electron chi connectivity index (χ4n) is 2.13. The molecule has 2 atom stereocenters. The molecule has 0 aliphatic heterocycles. The zero-order valence-corrected chi connectivity index (χ0v) is 12.9. The molecule has 0 aromatic heterocycles. The Bertz CT molecular complexity index is 260. The van der Waals surface area contributed by atoms with Gasteiger partial charge in [0.25, 0.3) is 0 Å². The zero-order chi connectivity index (χ0) is 14.4. The van der Waals surface area contributed by atoms with Crippen molar-refractivity contribution in [2.45, 2.75) is 72.1 Å². The van der Waals surface area contributed by atoms with Crippen molar-refractivity contribution in [3.63, 3.8) is 0 Å². The van der Waals surface area contributed by atoms with E-state index in [0.717, 1.165) is 6.54 Å². The van der Waals surface area contributed by atoms with Crippen LogP contribution in [0, 0.1) is 0 Å². The van der Waals surface area contributed by atoms with Crippen molar-refractivity contribution in [2.24, 2.45) is 0 Å². The third-order valence-corrected chi connectivity index (χ3v) is 2.54. The van der Waals surface area contributed by atoms with E-state index in [0.29, 0.717) is 13.0 Å². The fourth-order valence-corrected chi connectivity index (χ4v) is 2.13. The number of carbonyl (C=O) groups excluding carboxylic acids is 1. The standard InChI is InChI=1S/C14H29NO3/c1-8-15-14(7,12(16)17-9-2)10-11(3)18-13(4,5)6/h11,15H,8-10H2,1-7H3. The lowest BCUT2D eigenvalue weighted by atomic mass is 9.94. The second-order valence-corrected chi connectivity index (χ2v) is 5.83. The lowest BCUT2D eigenvalue weighted by Gasteiger charge is -2.33. The highest BCUT2D eigenvalue weighted by Crippen LogP contribution is 2.20. The highest BCUT2D eigenvalue weighted by atomic mass is 16.5. The molecule has 0 heterocycles. The summed E-state index contributed by atoms with van der Waals surface area (Å²) in [5.41, 5.74) is -0.892. The average molecular weight is 259 g/mol. The van der Waals surface area contributed by atoms with Crippen molar-refractivity contribution in [1.29, 1.82) is 0 Å². The number of esters is 1. The summed E-state index contributed by atoms with van der Waals surface area (Å²) in [5, 5.41) is 3.21. The van der Waals surface area contributed by atoms with E-state index in [-0.39, 0.29) is 17.7 Å². The Morgan fingerprint density at radius 3 is 2.17 bits per heavy atom. The molecule has 4 heteroatoms. The number of likely N-dealkylation sites (N-methyl/N-ethyl adjacent to an activating group) is 1. The van der Waals surface area contributed by atoms with E-state index in [1.54, 1.807) is 0 Å². The molecule has 0 fully saturated rings. The molecule has 0 rings (SSSR count). The van der Waals surface area contributed by atoms with Gasteiger partial charge in [-0.2, -0.15) is 0 Å². The summed E-state index contributed by atoms with van der Waals surface area (Å²) < 4.78 is 11.0. The Balaban J connectivity index is 4.64. The topological polar surface area (TPSA) is 47.6 Å². The molecule has 108 valence electrons. The first-order valence-electron chi connectivity index (χ1n) is 6.74. The number of ether oxygens (including phenoxy) is 2. The van der Waals surface area contributed by atoms with Crippen LogP contribution in [-0.2, 0) is 14.3 Å². The maximum absolute atomic E-state index is 12.0. The summed E-state index contributed by atoms with van der Waals surface area (Å²) in [6.07, 6.45) is 0.579. The molecule has 2 unspecified atom stereocenters. The molecular weight excluding hydrogens is 230 g/mol. The maximum Gasteiger partial charge on any atom is 0.326 e. The molecule has 18 heavy (non-hydrogen) atoms. The molecule has 0 amide bonds. The first-order valence-corrected chi connectivity index (χ1v) is 6.74. The van der Waals surface area contributed by atoms with E-state index < -0.39 is 5.54 Å². The second-order valence-electron chi connectivity index (χ2n) is 5.83. The van der Waals surface area contributed by atoms with Gasteiger partial charge in [0, 0.05) is 6.42 Å². The molecule has 0 aliphatic carbocycles. The van der Waals surface area contributed by atoms with Crippen LogP contribution < -0.4 is 5.32 Å². The van der Waals surface area contributed by atoms with Crippen molar-refractivity contribution in [3.8, 4) is 0 Å². The Morgan fingerprint density at radius 2 is 1.78 bits per heavy atom. The van der Waals surface area contributed by atoms with Gasteiger partial charge in [0.05, 0.1) is 18.3 Å². The summed E-state index contributed by atoms with van der Waals surface area (Å²) in [7, 11) is 0. The van der Waals surface area contributed by atoms with Crippen molar-refractivity contribution in [3.05, 3.63) is 0 Å². The molecule has 1 N–H and O–H groups in total. The van der Waals surface area contributed by atoms with Crippen LogP contribution in [0.4, 0.5) is 0 Å². The van der Waals surface area contributed by atoms with Gasteiger partial charge in [-0.1, -0.05) is 6.92 Å². The van der Waals surface area contributed by atoms with E-state index in [1.165, 1.54) is 0 Å². The predicted octanol–water partition coefficient (Wildman–Crippen LogP) is 2.51. The summed E-state index contributed by atoms with van der Waals surface area (Å²) in [4.78, 5) is 12.0. The van der Waals surface area contributed by atoms with Crippen LogP contribution in [0.25, 0.3) is 0 Å². The summed E-state index contributed by atoms with van der Waals surface area (Å²) in [6, 6.07) is 0. The summed E-state index contributed by atoms with van der Waals surface area (Å²) in [6.45, 7) is 14.8. The van der Waals surface area contributed by atoms with Crippen LogP contribution in [0.2, 0.25) is 0 Å². The van der Waals surface area contributed by atoms with E-state index in [1.807, 2.05) is 48.5 Å². The van der Waals surface area contributed by atoms with Gasteiger partial charge in [-0.05, 0) is 48.1 Å². The molecule has 0 saturated carbocycles. The van der Waals surface area contributed by atoms with E-state index in [9.17, 15) is 4.79 Å². The zero-order valence-electron chi connectivity index (χ0n) is 12.9. The third kappa shape index (κ3) is 6.36. The van der Waals surface area contributed by atoms with Gasteiger partial charge in [-0.25, -0.2) is 0 Å². The molecule has 0 saturated heterocycles. The van der Waals surface area contributed by atoms with Crippen molar-refractivity contribution < 1.29 is 14.3 Å². The van der Waals surface area contributed by atoms with Gasteiger partial charge < -0.3 is 14.8 Å². The smallest absolute Gasteiger partial charge is 0.326 e. The fraction of sp³-hybridized carbons (Fsp3) is 0.929. The van der Waals surface area contributed by atoms with Crippen LogP contribution in [-0.4, -0.2) is 36.4 Å². The van der Waals surface area contributed by atoms with Gasteiger partial charge in [0.2, 0.25) is 0 Å². The van der Waals surface area contributed by atoms with Crippen LogP contribution in [0.5, 0.6) is 0 Å². The molecule has 4 nitrogen and oxygen atoms in total. The Labute approximate surface area is 111 Å². The van der Waals surface area contributed by atoms with Gasteiger partial charge in [0.1, 0.15) is 5.54 Å². The number of nitrogens with one attached hydrogen (secondary N) is 1. The molecule has 0 bridgehead atoms. The molecule has 0 spiro atoms. The molecule has 0 aliphatic rings. The Hall–Kier alpha value is -0.610. The first-order chi connectivity index (χ1) is 8.14. The average Bonchev–Trinajstić information content (AvgIpc) is 2.14. The Kier molecular flexibility index (Phi) is 6.86.